The Morgan fingerprint density at radius 3 is 2.86 bits per heavy atom. The van der Waals surface area contributed by atoms with Gasteiger partial charge in [0.1, 0.15) is 0 Å². The summed E-state index contributed by atoms with van der Waals surface area (Å²) in [5.41, 5.74) is -0.718. The molecule has 0 aromatic carbocycles. The van der Waals surface area contributed by atoms with Crippen LogP contribution in [0.1, 0.15) is 19.8 Å². The van der Waals surface area contributed by atoms with E-state index < -0.39 is 5.41 Å². The van der Waals surface area contributed by atoms with Gasteiger partial charge in [-0.25, -0.2) is 0 Å². The highest BCUT2D eigenvalue weighted by Gasteiger charge is 2.48. The van der Waals surface area contributed by atoms with E-state index in [0.717, 1.165) is 6.08 Å². The first kappa shape index (κ1) is 9.19. The molecule has 2 aliphatic carbocycles. The Hall–Kier alpha value is -1.38. The molecule has 14 heavy (non-hydrogen) atoms. The van der Waals surface area contributed by atoms with Crippen LogP contribution in [-0.2, 0) is 9.59 Å². The van der Waals surface area contributed by atoms with Gasteiger partial charge in [0.2, 0.25) is 5.78 Å². The second-order valence-corrected chi connectivity index (χ2v) is 4.14. The molecule has 0 radical (unpaired) electrons. The van der Waals surface area contributed by atoms with Crippen LogP contribution in [0, 0.1) is 11.3 Å². The van der Waals surface area contributed by atoms with Gasteiger partial charge in [-0.2, -0.15) is 0 Å². The Morgan fingerprint density at radius 2 is 2.14 bits per heavy atom. The van der Waals surface area contributed by atoms with Crippen molar-refractivity contribution in [2.24, 2.45) is 11.3 Å². The molecule has 2 unspecified atom stereocenters. The quantitative estimate of drug-likeness (QED) is 0.592. The molecule has 3 nitrogen and oxygen atoms in total. The molecule has 0 aliphatic heterocycles. The van der Waals surface area contributed by atoms with Gasteiger partial charge in [-0.15, -0.1) is 0 Å². The Kier molecular flexibility index (Phi) is 1.84. The number of fused-ring (bicyclic) bond motifs is 1. The van der Waals surface area contributed by atoms with E-state index in [1.54, 1.807) is 6.92 Å². The number of ketones is 2. The number of rotatable bonds is 0. The van der Waals surface area contributed by atoms with Gasteiger partial charge in [0, 0.05) is 17.4 Å². The summed E-state index contributed by atoms with van der Waals surface area (Å²) in [6.07, 6.45) is 6.03. The summed E-state index contributed by atoms with van der Waals surface area (Å²) >= 11 is 0. The lowest BCUT2D eigenvalue weighted by atomic mass is 9.63. The molecule has 0 saturated heterocycles. The fraction of sp³-hybridized carbons (Fsp3) is 0.455. The predicted octanol–water partition coefficient (Wildman–Crippen LogP) is 1.55. The first-order chi connectivity index (χ1) is 6.55. The molecule has 3 heteroatoms. The molecule has 0 heterocycles. The van der Waals surface area contributed by atoms with Crippen LogP contribution in [0.3, 0.4) is 0 Å². The van der Waals surface area contributed by atoms with Crippen LogP contribution in [0.15, 0.2) is 24.0 Å². The Morgan fingerprint density at radius 1 is 1.43 bits per heavy atom. The fourth-order valence-corrected chi connectivity index (χ4v) is 2.24. The number of aliphatic hydroxyl groups excluding tert-OH is 1. The Labute approximate surface area is 82.1 Å². The second-order valence-electron chi connectivity index (χ2n) is 4.14. The maximum Gasteiger partial charge on any atom is 0.204 e. The summed E-state index contributed by atoms with van der Waals surface area (Å²) in [4.78, 5) is 23.3. The van der Waals surface area contributed by atoms with E-state index in [4.69, 9.17) is 0 Å². The highest BCUT2D eigenvalue weighted by Crippen LogP contribution is 2.43. The SMILES string of the molecule is CC12CC=CCC1C(=O)C=C(O)C2=O. The predicted molar refractivity (Wildman–Crippen MR) is 50.7 cm³/mol. The molecular weight excluding hydrogens is 180 g/mol. The summed E-state index contributed by atoms with van der Waals surface area (Å²) in [6.45, 7) is 1.75. The van der Waals surface area contributed by atoms with Gasteiger partial charge < -0.3 is 5.11 Å². The van der Waals surface area contributed by atoms with E-state index in [9.17, 15) is 14.7 Å². The lowest BCUT2D eigenvalue weighted by Gasteiger charge is -2.38. The van der Waals surface area contributed by atoms with Crippen LogP contribution in [0.2, 0.25) is 0 Å². The lowest BCUT2D eigenvalue weighted by molar-refractivity contribution is -0.138. The first-order valence-corrected chi connectivity index (χ1v) is 4.70. The zero-order valence-corrected chi connectivity index (χ0v) is 7.99. The number of carbonyl (C=O) groups is 2. The molecule has 0 amide bonds. The normalized spacial score (nSPS) is 36.6. The van der Waals surface area contributed by atoms with Gasteiger partial charge in [-0.05, 0) is 12.8 Å². The monoisotopic (exact) mass is 192 g/mol. The zero-order chi connectivity index (χ0) is 10.3. The molecule has 2 atom stereocenters. The summed E-state index contributed by atoms with van der Waals surface area (Å²) in [6, 6.07) is 0. The topological polar surface area (TPSA) is 54.4 Å². The van der Waals surface area contributed by atoms with Gasteiger partial charge >= 0.3 is 0 Å². The molecule has 0 fully saturated rings. The average Bonchev–Trinajstić information content (AvgIpc) is 2.15. The molecule has 0 aromatic heterocycles. The van der Waals surface area contributed by atoms with Crippen molar-refractivity contribution in [3.8, 4) is 0 Å². The van der Waals surface area contributed by atoms with E-state index in [0.29, 0.717) is 12.8 Å². The minimum atomic E-state index is -0.718. The summed E-state index contributed by atoms with van der Waals surface area (Å²) in [5, 5.41) is 9.32. The van der Waals surface area contributed by atoms with Crippen molar-refractivity contribution in [3.63, 3.8) is 0 Å². The molecule has 0 saturated carbocycles. The second kappa shape index (κ2) is 2.80. The molecular formula is C11H12O3. The van der Waals surface area contributed by atoms with Crippen LogP contribution in [0.5, 0.6) is 0 Å². The van der Waals surface area contributed by atoms with Gasteiger partial charge in [0.15, 0.2) is 11.5 Å². The molecule has 0 spiro atoms. The van der Waals surface area contributed by atoms with Crippen molar-refractivity contribution in [1.82, 2.24) is 0 Å². The Bertz CT molecular complexity index is 365. The van der Waals surface area contributed by atoms with Gasteiger partial charge in [-0.1, -0.05) is 19.1 Å². The van der Waals surface area contributed by atoms with Crippen molar-refractivity contribution >= 4 is 11.6 Å². The maximum absolute atomic E-state index is 11.7. The zero-order valence-electron chi connectivity index (χ0n) is 7.99. The highest BCUT2D eigenvalue weighted by molar-refractivity contribution is 6.11. The number of hydrogen-bond donors (Lipinski definition) is 1. The van der Waals surface area contributed by atoms with Gasteiger partial charge in [0.05, 0.1) is 0 Å². The van der Waals surface area contributed by atoms with Crippen LogP contribution in [0.4, 0.5) is 0 Å². The minimum absolute atomic E-state index is 0.131. The lowest BCUT2D eigenvalue weighted by Crippen LogP contribution is -2.44. The van der Waals surface area contributed by atoms with Crippen molar-refractivity contribution in [1.29, 1.82) is 0 Å². The third-order valence-corrected chi connectivity index (χ3v) is 3.22. The number of aliphatic hydroxyl groups is 1. The van der Waals surface area contributed by atoms with Crippen molar-refractivity contribution in [2.75, 3.05) is 0 Å². The van der Waals surface area contributed by atoms with E-state index in [1.165, 1.54) is 0 Å². The standard InChI is InChI=1S/C11H12O3/c1-11-5-3-2-4-7(11)8(12)6-9(13)10(11)14/h2-3,6-7,13H,4-5H2,1H3. The molecule has 2 aliphatic rings. The third kappa shape index (κ3) is 1.05. The largest absolute Gasteiger partial charge is 0.504 e. The summed E-state index contributed by atoms with van der Waals surface area (Å²) in [5.74, 6) is -1.10. The van der Waals surface area contributed by atoms with Crippen LogP contribution >= 0.6 is 0 Å². The minimum Gasteiger partial charge on any atom is -0.504 e. The molecule has 2 rings (SSSR count). The molecule has 0 aromatic rings. The van der Waals surface area contributed by atoms with Crippen LogP contribution < -0.4 is 0 Å². The number of Topliss-reactive ketones (excluding diaryl/α,β-unsaturated/α-hetero) is 1. The maximum atomic E-state index is 11.7. The third-order valence-electron chi connectivity index (χ3n) is 3.22. The summed E-state index contributed by atoms with van der Waals surface area (Å²) in [7, 11) is 0. The van der Waals surface area contributed by atoms with Gasteiger partial charge in [-0.3, -0.25) is 9.59 Å². The summed E-state index contributed by atoms with van der Waals surface area (Å²) < 4.78 is 0. The number of carbonyl (C=O) groups excluding carboxylic acids is 2. The molecule has 0 bridgehead atoms. The van der Waals surface area contributed by atoms with Crippen LogP contribution in [-0.4, -0.2) is 16.7 Å². The highest BCUT2D eigenvalue weighted by atomic mass is 16.3. The van der Waals surface area contributed by atoms with E-state index in [2.05, 4.69) is 0 Å². The van der Waals surface area contributed by atoms with Crippen LogP contribution in [0.25, 0.3) is 0 Å². The smallest absolute Gasteiger partial charge is 0.204 e. The fourth-order valence-electron chi connectivity index (χ4n) is 2.24. The van der Waals surface area contributed by atoms with E-state index >= 15 is 0 Å². The van der Waals surface area contributed by atoms with Crippen molar-refractivity contribution < 1.29 is 14.7 Å². The molecule has 74 valence electrons. The first-order valence-electron chi connectivity index (χ1n) is 4.70. The number of allylic oxidation sites excluding steroid dienone is 4. The van der Waals surface area contributed by atoms with Gasteiger partial charge in [0.25, 0.3) is 0 Å². The molecule has 1 N–H and O–H groups in total. The average molecular weight is 192 g/mol. The van der Waals surface area contributed by atoms with Crippen molar-refractivity contribution in [2.45, 2.75) is 19.8 Å². The van der Waals surface area contributed by atoms with E-state index in [-0.39, 0.29) is 23.2 Å². The van der Waals surface area contributed by atoms with E-state index in [1.807, 2.05) is 12.2 Å². The van der Waals surface area contributed by atoms with Crippen molar-refractivity contribution in [3.05, 3.63) is 24.0 Å². The number of hydrogen-bond acceptors (Lipinski definition) is 3. The Balaban J connectivity index is 2.50.